The standard InChI is InChI=1S/C12H17BrFNO/c1-3-11(16)8-15(2)7-9-6-10(13)4-5-12(9)14/h4-6,11,16H,3,7-8H2,1-2H3. The molecule has 0 bridgehead atoms. The highest BCUT2D eigenvalue weighted by molar-refractivity contribution is 9.10. The van der Waals surface area contributed by atoms with Crippen molar-refractivity contribution in [2.24, 2.45) is 0 Å². The molecule has 0 aliphatic rings. The molecular formula is C12H17BrFNO. The van der Waals surface area contributed by atoms with Gasteiger partial charge in [0.15, 0.2) is 0 Å². The predicted octanol–water partition coefficient (Wildman–Crippen LogP) is 2.79. The van der Waals surface area contributed by atoms with E-state index in [2.05, 4.69) is 15.9 Å². The molecule has 0 amide bonds. The predicted molar refractivity (Wildman–Crippen MR) is 66.7 cm³/mol. The summed E-state index contributed by atoms with van der Waals surface area (Å²) in [6.07, 6.45) is 0.367. The van der Waals surface area contributed by atoms with Gasteiger partial charge in [0.1, 0.15) is 5.82 Å². The van der Waals surface area contributed by atoms with Crippen LogP contribution in [0.2, 0.25) is 0 Å². The fourth-order valence-electron chi connectivity index (χ4n) is 1.51. The van der Waals surface area contributed by atoms with Gasteiger partial charge >= 0.3 is 0 Å². The van der Waals surface area contributed by atoms with Gasteiger partial charge in [-0.2, -0.15) is 0 Å². The molecule has 0 saturated heterocycles. The van der Waals surface area contributed by atoms with E-state index >= 15 is 0 Å². The first-order valence-corrected chi connectivity index (χ1v) is 6.12. The number of likely N-dealkylation sites (N-methyl/N-ethyl adjacent to an activating group) is 1. The van der Waals surface area contributed by atoms with Gasteiger partial charge in [0.2, 0.25) is 0 Å². The lowest BCUT2D eigenvalue weighted by Gasteiger charge is -2.20. The maximum Gasteiger partial charge on any atom is 0.127 e. The fourth-order valence-corrected chi connectivity index (χ4v) is 1.92. The molecule has 0 aliphatic heterocycles. The van der Waals surface area contributed by atoms with Crippen molar-refractivity contribution in [2.75, 3.05) is 13.6 Å². The second-order valence-corrected chi connectivity index (χ2v) is 4.91. The molecule has 1 aromatic rings. The Bertz CT molecular complexity index is 346. The minimum Gasteiger partial charge on any atom is -0.392 e. The number of benzene rings is 1. The third-order valence-electron chi connectivity index (χ3n) is 2.44. The Balaban J connectivity index is 2.61. The Morgan fingerprint density at radius 3 is 2.81 bits per heavy atom. The molecular weight excluding hydrogens is 273 g/mol. The van der Waals surface area contributed by atoms with Crippen LogP contribution in [-0.4, -0.2) is 29.7 Å². The molecule has 1 rings (SSSR count). The van der Waals surface area contributed by atoms with Crippen LogP contribution in [0.5, 0.6) is 0 Å². The van der Waals surface area contributed by atoms with Crippen molar-refractivity contribution in [3.63, 3.8) is 0 Å². The van der Waals surface area contributed by atoms with Crippen LogP contribution >= 0.6 is 15.9 Å². The van der Waals surface area contributed by atoms with Gasteiger partial charge in [0.25, 0.3) is 0 Å². The van der Waals surface area contributed by atoms with Gasteiger partial charge in [-0.1, -0.05) is 22.9 Å². The van der Waals surface area contributed by atoms with Crippen molar-refractivity contribution in [3.05, 3.63) is 34.1 Å². The summed E-state index contributed by atoms with van der Waals surface area (Å²) in [5, 5.41) is 9.49. The van der Waals surface area contributed by atoms with Crippen LogP contribution in [0, 0.1) is 5.82 Å². The Morgan fingerprint density at radius 2 is 2.19 bits per heavy atom. The summed E-state index contributed by atoms with van der Waals surface area (Å²) in [5.74, 6) is -0.207. The van der Waals surface area contributed by atoms with Crippen LogP contribution in [0.15, 0.2) is 22.7 Å². The van der Waals surface area contributed by atoms with E-state index in [4.69, 9.17) is 0 Å². The SMILES string of the molecule is CCC(O)CN(C)Cc1cc(Br)ccc1F. The highest BCUT2D eigenvalue weighted by Crippen LogP contribution is 2.16. The number of nitrogens with zero attached hydrogens (tertiary/aromatic N) is 1. The van der Waals surface area contributed by atoms with E-state index in [9.17, 15) is 9.50 Å². The van der Waals surface area contributed by atoms with Crippen molar-refractivity contribution < 1.29 is 9.50 Å². The lowest BCUT2D eigenvalue weighted by Crippen LogP contribution is -2.28. The summed E-state index contributed by atoms with van der Waals surface area (Å²) in [6.45, 7) is 2.99. The summed E-state index contributed by atoms with van der Waals surface area (Å²) in [4.78, 5) is 1.92. The van der Waals surface area contributed by atoms with Gasteiger partial charge < -0.3 is 5.11 Å². The average Bonchev–Trinajstić information content (AvgIpc) is 2.23. The largest absolute Gasteiger partial charge is 0.392 e. The van der Waals surface area contributed by atoms with Gasteiger partial charge in [-0.15, -0.1) is 0 Å². The van der Waals surface area contributed by atoms with Crippen LogP contribution in [0.25, 0.3) is 0 Å². The molecule has 16 heavy (non-hydrogen) atoms. The Labute approximate surface area is 104 Å². The second-order valence-electron chi connectivity index (χ2n) is 3.99. The van der Waals surface area contributed by atoms with E-state index in [-0.39, 0.29) is 11.9 Å². The Hall–Kier alpha value is -0.450. The number of rotatable bonds is 5. The van der Waals surface area contributed by atoms with Crippen LogP contribution < -0.4 is 0 Å². The van der Waals surface area contributed by atoms with Crippen LogP contribution in [0.1, 0.15) is 18.9 Å². The van der Waals surface area contributed by atoms with Crippen LogP contribution in [0.4, 0.5) is 4.39 Å². The highest BCUT2D eigenvalue weighted by atomic mass is 79.9. The molecule has 2 nitrogen and oxygen atoms in total. The van der Waals surface area contributed by atoms with E-state index in [0.29, 0.717) is 25.1 Å². The highest BCUT2D eigenvalue weighted by Gasteiger charge is 2.09. The zero-order valence-corrected chi connectivity index (χ0v) is 11.2. The number of halogens is 2. The normalized spacial score (nSPS) is 13.1. The zero-order chi connectivity index (χ0) is 12.1. The number of hydrogen-bond donors (Lipinski definition) is 1. The first kappa shape index (κ1) is 13.6. The smallest absolute Gasteiger partial charge is 0.127 e. The first-order valence-electron chi connectivity index (χ1n) is 5.33. The van der Waals surface area contributed by atoms with Crippen LogP contribution in [0.3, 0.4) is 0 Å². The Morgan fingerprint density at radius 1 is 1.50 bits per heavy atom. The van der Waals surface area contributed by atoms with E-state index in [0.717, 1.165) is 4.47 Å². The molecule has 0 saturated carbocycles. The third kappa shape index (κ3) is 4.20. The average molecular weight is 290 g/mol. The molecule has 1 aromatic carbocycles. The zero-order valence-electron chi connectivity index (χ0n) is 9.58. The van der Waals surface area contributed by atoms with Gasteiger partial charge in [0, 0.05) is 23.1 Å². The summed E-state index contributed by atoms with van der Waals surface area (Å²) < 4.78 is 14.3. The molecule has 90 valence electrons. The molecule has 0 heterocycles. The number of hydrogen-bond acceptors (Lipinski definition) is 2. The van der Waals surface area contributed by atoms with E-state index in [1.165, 1.54) is 6.07 Å². The minimum atomic E-state index is -0.347. The molecule has 0 spiro atoms. The number of aliphatic hydroxyl groups is 1. The van der Waals surface area contributed by atoms with Gasteiger partial charge in [-0.05, 0) is 31.7 Å². The van der Waals surface area contributed by atoms with E-state index < -0.39 is 0 Å². The molecule has 0 aromatic heterocycles. The molecule has 1 unspecified atom stereocenters. The van der Waals surface area contributed by atoms with Gasteiger partial charge in [0.05, 0.1) is 6.10 Å². The van der Waals surface area contributed by atoms with E-state index in [1.807, 2.05) is 18.9 Å². The topological polar surface area (TPSA) is 23.5 Å². The molecule has 4 heteroatoms. The minimum absolute atomic E-state index is 0.207. The van der Waals surface area contributed by atoms with Crippen molar-refractivity contribution in [2.45, 2.75) is 26.0 Å². The van der Waals surface area contributed by atoms with Crippen LogP contribution in [-0.2, 0) is 6.54 Å². The van der Waals surface area contributed by atoms with Gasteiger partial charge in [-0.25, -0.2) is 4.39 Å². The van der Waals surface area contributed by atoms with Crippen molar-refractivity contribution in [1.82, 2.24) is 4.90 Å². The van der Waals surface area contributed by atoms with E-state index in [1.54, 1.807) is 12.1 Å². The summed E-state index contributed by atoms with van der Waals surface area (Å²) in [5.41, 5.74) is 0.639. The molecule has 1 atom stereocenters. The Kier molecular flexibility index (Phi) is 5.38. The summed E-state index contributed by atoms with van der Waals surface area (Å²) in [6, 6.07) is 4.90. The molecule has 0 fully saturated rings. The lowest BCUT2D eigenvalue weighted by molar-refractivity contribution is 0.119. The maximum atomic E-state index is 13.4. The summed E-state index contributed by atoms with van der Waals surface area (Å²) in [7, 11) is 1.87. The lowest BCUT2D eigenvalue weighted by atomic mass is 10.2. The molecule has 1 N–H and O–H groups in total. The fraction of sp³-hybridized carbons (Fsp3) is 0.500. The third-order valence-corrected chi connectivity index (χ3v) is 2.93. The first-order chi connectivity index (χ1) is 7.52. The maximum absolute atomic E-state index is 13.4. The second kappa shape index (κ2) is 6.33. The van der Waals surface area contributed by atoms with Crippen molar-refractivity contribution in [1.29, 1.82) is 0 Å². The quantitative estimate of drug-likeness (QED) is 0.901. The molecule has 0 radical (unpaired) electrons. The number of aliphatic hydroxyl groups excluding tert-OH is 1. The van der Waals surface area contributed by atoms with Gasteiger partial charge in [-0.3, -0.25) is 4.90 Å². The summed E-state index contributed by atoms with van der Waals surface area (Å²) >= 11 is 3.32. The van der Waals surface area contributed by atoms with Crippen molar-refractivity contribution in [3.8, 4) is 0 Å². The van der Waals surface area contributed by atoms with Crippen molar-refractivity contribution >= 4 is 15.9 Å². The molecule has 0 aliphatic carbocycles. The monoisotopic (exact) mass is 289 g/mol.